The van der Waals surface area contributed by atoms with Crippen LogP contribution in [0.5, 0.6) is 0 Å². The second kappa shape index (κ2) is 6.18. The summed E-state index contributed by atoms with van der Waals surface area (Å²) in [5, 5.41) is 3.62. The Morgan fingerprint density at radius 1 is 1.28 bits per heavy atom. The van der Waals surface area contributed by atoms with Crippen LogP contribution in [0.2, 0.25) is 0 Å². The van der Waals surface area contributed by atoms with Crippen LogP contribution in [0.15, 0.2) is 28.7 Å². The molecule has 3 heteroatoms. The highest BCUT2D eigenvalue weighted by atomic mass is 79.9. The average Bonchev–Trinajstić information content (AvgIpc) is 2.36. The molecule has 0 saturated carbocycles. The van der Waals surface area contributed by atoms with Crippen molar-refractivity contribution < 1.29 is 0 Å². The molecule has 100 valence electrons. The predicted octanol–water partition coefficient (Wildman–Crippen LogP) is 3.27. The number of hydrogen-bond acceptors (Lipinski definition) is 2. The van der Waals surface area contributed by atoms with Gasteiger partial charge in [-0.05, 0) is 50.0 Å². The number of nitrogens with zero attached hydrogens (tertiary/aromatic N) is 1. The van der Waals surface area contributed by atoms with Crippen molar-refractivity contribution in [1.29, 1.82) is 0 Å². The van der Waals surface area contributed by atoms with Crippen LogP contribution in [0, 0.1) is 5.41 Å². The Kier molecular flexibility index (Phi) is 4.82. The molecular weight excluding hydrogens is 288 g/mol. The molecule has 0 radical (unpaired) electrons. The van der Waals surface area contributed by atoms with E-state index in [4.69, 9.17) is 0 Å². The molecule has 1 saturated heterocycles. The van der Waals surface area contributed by atoms with Gasteiger partial charge in [0.15, 0.2) is 0 Å². The van der Waals surface area contributed by atoms with Crippen LogP contribution in [0.4, 0.5) is 0 Å². The Balaban J connectivity index is 1.80. The zero-order chi connectivity index (χ0) is 13.0. The van der Waals surface area contributed by atoms with Gasteiger partial charge < -0.3 is 10.2 Å². The molecule has 1 aliphatic heterocycles. The van der Waals surface area contributed by atoms with Crippen LogP contribution in [0.3, 0.4) is 0 Å². The van der Waals surface area contributed by atoms with Crippen LogP contribution in [0.1, 0.15) is 25.3 Å². The summed E-state index contributed by atoms with van der Waals surface area (Å²) in [6.07, 6.45) is 2.60. The molecule has 18 heavy (non-hydrogen) atoms. The summed E-state index contributed by atoms with van der Waals surface area (Å²) < 4.78 is 1.20. The average molecular weight is 311 g/mol. The van der Waals surface area contributed by atoms with Crippen molar-refractivity contribution in [2.24, 2.45) is 5.41 Å². The zero-order valence-electron chi connectivity index (χ0n) is 11.4. The number of nitrogens with one attached hydrogen (secondary N) is 1. The lowest BCUT2D eigenvalue weighted by molar-refractivity contribution is 0.137. The lowest BCUT2D eigenvalue weighted by Gasteiger charge is -2.38. The molecule has 0 unspecified atom stereocenters. The lowest BCUT2D eigenvalue weighted by Crippen LogP contribution is -2.41. The quantitative estimate of drug-likeness (QED) is 0.918. The summed E-state index contributed by atoms with van der Waals surface area (Å²) in [5.41, 5.74) is 1.81. The maximum atomic E-state index is 3.62. The van der Waals surface area contributed by atoms with E-state index >= 15 is 0 Å². The second-order valence-corrected chi connectivity index (χ2v) is 6.66. The number of benzene rings is 1. The number of rotatable bonds is 4. The zero-order valence-corrected chi connectivity index (χ0v) is 13.0. The van der Waals surface area contributed by atoms with Crippen LogP contribution in [-0.4, -0.2) is 31.6 Å². The minimum atomic E-state index is 0.466. The highest BCUT2D eigenvalue weighted by molar-refractivity contribution is 9.10. The molecule has 2 rings (SSSR count). The Labute approximate surface area is 119 Å². The van der Waals surface area contributed by atoms with E-state index in [0.717, 1.165) is 13.1 Å². The normalized spacial score (nSPS) is 19.9. The van der Waals surface area contributed by atoms with E-state index in [0.29, 0.717) is 5.41 Å². The van der Waals surface area contributed by atoms with Crippen molar-refractivity contribution in [1.82, 2.24) is 10.2 Å². The Bertz CT molecular complexity index is 384. The first-order chi connectivity index (χ1) is 8.59. The van der Waals surface area contributed by atoms with E-state index in [9.17, 15) is 0 Å². The monoisotopic (exact) mass is 310 g/mol. The van der Waals surface area contributed by atoms with Crippen LogP contribution in [-0.2, 0) is 6.54 Å². The van der Waals surface area contributed by atoms with Gasteiger partial charge in [0.05, 0.1) is 0 Å². The topological polar surface area (TPSA) is 15.3 Å². The third kappa shape index (κ3) is 3.81. The summed E-state index contributed by atoms with van der Waals surface area (Å²) >= 11 is 3.60. The van der Waals surface area contributed by atoms with E-state index in [1.54, 1.807) is 0 Å². The smallest absolute Gasteiger partial charge is 0.0220 e. The van der Waals surface area contributed by atoms with Crippen LogP contribution in [0.25, 0.3) is 0 Å². The second-order valence-electron chi connectivity index (χ2n) is 5.81. The highest BCUT2D eigenvalue weighted by Gasteiger charge is 2.28. The minimum Gasteiger partial charge on any atom is -0.312 e. The molecule has 1 aromatic rings. The maximum absolute atomic E-state index is 3.62. The third-order valence-corrected chi connectivity index (χ3v) is 4.79. The summed E-state index contributed by atoms with van der Waals surface area (Å²) in [6, 6.07) is 8.44. The Hall–Kier alpha value is -0.380. The highest BCUT2D eigenvalue weighted by Crippen LogP contribution is 2.29. The number of hydrogen-bond donors (Lipinski definition) is 1. The van der Waals surface area contributed by atoms with Gasteiger partial charge >= 0.3 is 0 Å². The van der Waals surface area contributed by atoms with Gasteiger partial charge in [-0.3, -0.25) is 0 Å². The van der Waals surface area contributed by atoms with Crippen molar-refractivity contribution in [3.8, 4) is 0 Å². The van der Waals surface area contributed by atoms with Gasteiger partial charge in [-0.1, -0.05) is 41.1 Å². The van der Waals surface area contributed by atoms with Crippen molar-refractivity contribution >= 4 is 15.9 Å². The molecular formula is C15H23BrN2. The van der Waals surface area contributed by atoms with Crippen molar-refractivity contribution in [2.45, 2.75) is 26.3 Å². The fourth-order valence-corrected chi connectivity index (χ4v) is 2.90. The summed E-state index contributed by atoms with van der Waals surface area (Å²) in [7, 11) is 2.22. The fourth-order valence-electron chi connectivity index (χ4n) is 2.48. The lowest BCUT2D eigenvalue weighted by atomic mass is 9.80. The summed E-state index contributed by atoms with van der Waals surface area (Å²) in [5.74, 6) is 0. The van der Waals surface area contributed by atoms with Gasteiger partial charge in [0.25, 0.3) is 0 Å². The third-order valence-electron chi connectivity index (χ3n) is 4.02. The number of piperidine rings is 1. The standard InChI is InChI=1S/C15H23BrN2/c1-15(7-9-18(2)10-8-15)12-17-11-13-5-3-4-6-14(13)16/h3-6,17H,7-12H2,1-2H3. The molecule has 1 fully saturated rings. The molecule has 1 heterocycles. The van der Waals surface area contributed by atoms with Crippen LogP contribution >= 0.6 is 15.9 Å². The Morgan fingerprint density at radius 3 is 2.61 bits per heavy atom. The van der Waals surface area contributed by atoms with Gasteiger partial charge in [-0.15, -0.1) is 0 Å². The number of likely N-dealkylation sites (tertiary alicyclic amines) is 1. The van der Waals surface area contributed by atoms with E-state index in [1.807, 2.05) is 0 Å². The van der Waals surface area contributed by atoms with Gasteiger partial charge in [0, 0.05) is 17.6 Å². The first-order valence-electron chi connectivity index (χ1n) is 6.72. The van der Waals surface area contributed by atoms with E-state index < -0.39 is 0 Å². The molecule has 0 spiro atoms. The van der Waals surface area contributed by atoms with Crippen molar-refractivity contribution in [2.75, 3.05) is 26.7 Å². The van der Waals surface area contributed by atoms with E-state index in [2.05, 4.69) is 64.4 Å². The molecule has 0 amide bonds. The molecule has 0 atom stereocenters. The van der Waals surface area contributed by atoms with Gasteiger partial charge in [0.1, 0.15) is 0 Å². The molecule has 2 nitrogen and oxygen atoms in total. The first-order valence-corrected chi connectivity index (χ1v) is 7.51. The largest absolute Gasteiger partial charge is 0.312 e. The van der Waals surface area contributed by atoms with Gasteiger partial charge in [0.2, 0.25) is 0 Å². The molecule has 1 N–H and O–H groups in total. The molecule has 0 bridgehead atoms. The van der Waals surface area contributed by atoms with E-state index in [-0.39, 0.29) is 0 Å². The molecule has 0 aliphatic carbocycles. The molecule has 0 aromatic heterocycles. The van der Waals surface area contributed by atoms with Gasteiger partial charge in [-0.2, -0.15) is 0 Å². The molecule has 1 aliphatic rings. The maximum Gasteiger partial charge on any atom is 0.0220 e. The van der Waals surface area contributed by atoms with Gasteiger partial charge in [-0.25, -0.2) is 0 Å². The van der Waals surface area contributed by atoms with Crippen molar-refractivity contribution in [3.63, 3.8) is 0 Å². The Morgan fingerprint density at radius 2 is 1.94 bits per heavy atom. The minimum absolute atomic E-state index is 0.466. The SMILES string of the molecule is CN1CCC(C)(CNCc2ccccc2Br)CC1. The molecule has 1 aromatic carbocycles. The summed E-state index contributed by atoms with van der Waals surface area (Å²) in [4.78, 5) is 2.43. The fraction of sp³-hybridized carbons (Fsp3) is 0.600. The first kappa shape index (κ1) is 14.0. The van der Waals surface area contributed by atoms with E-state index in [1.165, 1.54) is 36.0 Å². The summed E-state index contributed by atoms with van der Waals surface area (Å²) in [6.45, 7) is 6.93. The number of halogens is 1. The predicted molar refractivity (Wildman–Crippen MR) is 80.7 cm³/mol. The van der Waals surface area contributed by atoms with Crippen LogP contribution < -0.4 is 5.32 Å². The van der Waals surface area contributed by atoms with Crippen molar-refractivity contribution in [3.05, 3.63) is 34.3 Å².